The van der Waals surface area contributed by atoms with E-state index in [1.54, 1.807) is 4.68 Å². The van der Waals surface area contributed by atoms with Crippen LogP contribution in [0.25, 0.3) is 0 Å². The van der Waals surface area contributed by atoms with Crippen LogP contribution in [-0.4, -0.2) is 28.4 Å². The van der Waals surface area contributed by atoms with Gasteiger partial charge in [0.05, 0.1) is 5.69 Å². The molecule has 0 spiro atoms. The second-order valence-electron chi connectivity index (χ2n) is 5.87. The highest BCUT2D eigenvalue weighted by molar-refractivity contribution is 5.93. The van der Waals surface area contributed by atoms with E-state index in [0.29, 0.717) is 18.4 Å². The first-order chi connectivity index (χ1) is 9.52. The van der Waals surface area contributed by atoms with Crippen molar-refractivity contribution in [2.45, 2.75) is 46.1 Å². The van der Waals surface area contributed by atoms with E-state index in [1.807, 2.05) is 13.1 Å². The van der Waals surface area contributed by atoms with Crippen LogP contribution in [0.5, 0.6) is 0 Å². The monoisotopic (exact) mass is 279 g/mol. The van der Waals surface area contributed by atoms with E-state index in [9.17, 15) is 4.79 Å². The average molecular weight is 279 g/mol. The molecule has 0 unspecified atom stereocenters. The van der Waals surface area contributed by atoms with Gasteiger partial charge in [0, 0.05) is 19.7 Å². The lowest BCUT2D eigenvalue weighted by molar-refractivity contribution is -0.127. The SMILES string of the molecule is CCCc1cc(NC(=O)[C@@H]2OCC[C@@H]2C(C)C)n(C)n1. The van der Waals surface area contributed by atoms with Gasteiger partial charge in [0.1, 0.15) is 11.9 Å². The number of hydrogen-bond donors (Lipinski definition) is 1. The van der Waals surface area contributed by atoms with Crippen LogP contribution in [0.2, 0.25) is 0 Å². The molecule has 0 aromatic carbocycles. The Morgan fingerprint density at radius 2 is 2.35 bits per heavy atom. The summed E-state index contributed by atoms with van der Waals surface area (Å²) in [7, 11) is 1.85. The number of amides is 1. The average Bonchev–Trinajstić information content (AvgIpc) is 2.97. The van der Waals surface area contributed by atoms with Gasteiger partial charge in [-0.05, 0) is 24.7 Å². The Morgan fingerprint density at radius 3 is 3.00 bits per heavy atom. The molecule has 112 valence electrons. The van der Waals surface area contributed by atoms with Gasteiger partial charge in [-0.3, -0.25) is 9.48 Å². The van der Waals surface area contributed by atoms with Gasteiger partial charge < -0.3 is 10.1 Å². The number of carbonyl (C=O) groups is 1. The van der Waals surface area contributed by atoms with Crippen molar-refractivity contribution in [1.82, 2.24) is 9.78 Å². The molecule has 5 heteroatoms. The lowest BCUT2D eigenvalue weighted by Crippen LogP contribution is -2.35. The van der Waals surface area contributed by atoms with Crippen molar-refractivity contribution in [1.29, 1.82) is 0 Å². The van der Waals surface area contributed by atoms with Crippen LogP contribution < -0.4 is 5.32 Å². The quantitative estimate of drug-likeness (QED) is 0.900. The molecule has 1 amide bonds. The normalized spacial score (nSPS) is 22.4. The first-order valence-electron chi connectivity index (χ1n) is 7.48. The molecule has 1 aromatic rings. The number of nitrogens with one attached hydrogen (secondary N) is 1. The summed E-state index contributed by atoms with van der Waals surface area (Å²) in [6.07, 6.45) is 2.60. The zero-order chi connectivity index (χ0) is 14.7. The topological polar surface area (TPSA) is 56.1 Å². The summed E-state index contributed by atoms with van der Waals surface area (Å²) in [6.45, 7) is 7.08. The van der Waals surface area contributed by atoms with Gasteiger partial charge in [-0.15, -0.1) is 0 Å². The highest BCUT2D eigenvalue weighted by atomic mass is 16.5. The molecular weight excluding hydrogens is 254 g/mol. The van der Waals surface area contributed by atoms with E-state index in [1.165, 1.54) is 0 Å². The number of nitrogens with zero attached hydrogens (tertiary/aromatic N) is 2. The summed E-state index contributed by atoms with van der Waals surface area (Å²) in [5, 5.41) is 7.35. The van der Waals surface area contributed by atoms with Crippen molar-refractivity contribution in [3.63, 3.8) is 0 Å². The van der Waals surface area contributed by atoms with Crippen molar-refractivity contribution in [3.8, 4) is 0 Å². The zero-order valence-corrected chi connectivity index (χ0v) is 12.8. The van der Waals surface area contributed by atoms with Crippen LogP contribution in [0.3, 0.4) is 0 Å². The Morgan fingerprint density at radius 1 is 1.60 bits per heavy atom. The molecule has 20 heavy (non-hydrogen) atoms. The maximum Gasteiger partial charge on any atom is 0.254 e. The number of hydrogen-bond acceptors (Lipinski definition) is 3. The van der Waals surface area contributed by atoms with E-state index in [-0.39, 0.29) is 12.0 Å². The van der Waals surface area contributed by atoms with E-state index in [2.05, 4.69) is 31.2 Å². The summed E-state index contributed by atoms with van der Waals surface area (Å²) in [6, 6.07) is 1.95. The Bertz CT molecular complexity index is 468. The highest BCUT2D eigenvalue weighted by Gasteiger charge is 2.36. The third-order valence-electron chi connectivity index (χ3n) is 3.94. The molecule has 2 atom stereocenters. The molecule has 1 aromatic heterocycles. The minimum Gasteiger partial charge on any atom is -0.368 e. The molecule has 0 saturated carbocycles. The Kier molecular flexibility index (Phi) is 4.81. The third-order valence-corrected chi connectivity index (χ3v) is 3.94. The van der Waals surface area contributed by atoms with Crippen molar-refractivity contribution in [2.24, 2.45) is 18.9 Å². The standard InChI is InChI=1S/C15H25N3O2/c1-5-6-11-9-13(18(4)17-11)16-15(19)14-12(10(2)3)7-8-20-14/h9-10,12,14H,5-8H2,1-4H3,(H,16,19)/t12-,14-/m1/s1. The van der Waals surface area contributed by atoms with Gasteiger partial charge in [0.15, 0.2) is 0 Å². The van der Waals surface area contributed by atoms with Crippen LogP contribution in [0.4, 0.5) is 5.82 Å². The van der Waals surface area contributed by atoms with Crippen molar-refractivity contribution in [3.05, 3.63) is 11.8 Å². The summed E-state index contributed by atoms with van der Waals surface area (Å²) < 4.78 is 7.34. The molecule has 2 rings (SSSR count). The second-order valence-corrected chi connectivity index (χ2v) is 5.87. The molecule has 0 radical (unpaired) electrons. The van der Waals surface area contributed by atoms with Gasteiger partial charge in [-0.2, -0.15) is 5.10 Å². The molecule has 1 aliphatic heterocycles. The van der Waals surface area contributed by atoms with E-state index in [0.717, 1.165) is 30.8 Å². The fourth-order valence-corrected chi connectivity index (χ4v) is 2.78. The number of anilines is 1. The van der Waals surface area contributed by atoms with Crippen LogP contribution >= 0.6 is 0 Å². The molecule has 1 N–H and O–H groups in total. The lowest BCUT2D eigenvalue weighted by atomic mass is 9.89. The first-order valence-corrected chi connectivity index (χ1v) is 7.48. The molecule has 1 saturated heterocycles. The predicted octanol–water partition coefficient (Wildman–Crippen LogP) is 2.37. The minimum absolute atomic E-state index is 0.0488. The van der Waals surface area contributed by atoms with E-state index < -0.39 is 0 Å². The molecule has 5 nitrogen and oxygen atoms in total. The minimum atomic E-state index is -0.334. The maximum atomic E-state index is 12.4. The summed E-state index contributed by atoms with van der Waals surface area (Å²) in [5.74, 6) is 1.46. The number of aromatic nitrogens is 2. The third kappa shape index (κ3) is 3.20. The van der Waals surface area contributed by atoms with Gasteiger partial charge in [-0.25, -0.2) is 0 Å². The Hall–Kier alpha value is -1.36. The number of carbonyl (C=O) groups excluding carboxylic acids is 1. The van der Waals surface area contributed by atoms with Crippen LogP contribution in [-0.2, 0) is 23.0 Å². The maximum absolute atomic E-state index is 12.4. The van der Waals surface area contributed by atoms with E-state index in [4.69, 9.17) is 4.74 Å². The number of ether oxygens (including phenoxy) is 1. The van der Waals surface area contributed by atoms with Gasteiger partial charge in [0.25, 0.3) is 5.91 Å². The number of rotatable bonds is 5. The van der Waals surface area contributed by atoms with Crippen molar-refractivity contribution < 1.29 is 9.53 Å². The fourth-order valence-electron chi connectivity index (χ4n) is 2.78. The zero-order valence-electron chi connectivity index (χ0n) is 12.8. The molecular formula is C15H25N3O2. The molecule has 1 fully saturated rings. The highest BCUT2D eigenvalue weighted by Crippen LogP contribution is 2.28. The molecule has 1 aliphatic rings. The predicted molar refractivity (Wildman–Crippen MR) is 78.5 cm³/mol. The number of aryl methyl sites for hydroxylation is 2. The van der Waals surface area contributed by atoms with Crippen molar-refractivity contribution in [2.75, 3.05) is 11.9 Å². The Balaban J connectivity index is 2.04. The summed E-state index contributed by atoms with van der Waals surface area (Å²) in [5.41, 5.74) is 1.01. The molecule has 0 aliphatic carbocycles. The largest absolute Gasteiger partial charge is 0.368 e. The van der Waals surface area contributed by atoms with Gasteiger partial charge in [0.2, 0.25) is 0 Å². The summed E-state index contributed by atoms with van der Waals surface area (Å²) in [4.78, 5) is 12.4. The van der Waals surface area contributed by atoms with Gasteiger partial charge >= 0.3 is 0 Å². The second kappa shape index (κ2) is 6.39. The van der Waals surface area contributed by atoms with Crippen molar-refractivity contribution >= 4 is 11.7 Å². The summed E-state index contributed by atoms with van der Waals surface area (Å²) >= 11 is 0. The van der Waals surface area contributed by atoms with Crippen LogP contribution in [0, 0.1) is 11.8 Å². The van der Waals surface area contributed by atoms with E-state index >= 15 is 0 Å². The molecule has 2 heterocycles. The smallest absolute Gasteiger partial charge is 0.254 e. The first kappa shape index (κ1) is 15.0. The van der Waals surface area contributed by atoms with Gasteiger partial charge in [-0.1, -0.05) is 27.2 Å². The van der Waals surface area contributed by atoms with Crippen LogP contribution in [0.1, 0.15) is 39.3 Å². The molecule has 0 bridgehead atoms. The lowest BCUT2D eigenvalue weighted by Gasteiger charge is -2.20. The Labute approximate surface area is 120 Å². The fraction of sp³-hybridized carbons (Fsp3) is 0.733. The van der Waals surface area contributed by atoms with Crippen LogP contribution in [0.15, 0.2) is 6.07 Å².